The molecule has 0 radical (unpaired) electrons. The summed E-state index contributed by atoms with van der Waals surface area (Å²) in [6.45, 7) is 4.40. The van der Waals surface area contributed by atoms with Gasteiger partial charge in [-0.1, -0.05) is 13.3 Å². The number of ether oxygens (including phenoxy) is 2. The van der Waals surface area contributed by atoms with Gasteiger partial charge in [-0.15, -0.1) is 0 Å². The molecule has 0 aromatic heterocycles. The molecule has 0 aliphatic carbocycles. The molecule has 2 N–H and O–H groups in total. The summed E-state index contributed by atoms with van der Waals surface area (Å²) >= 11 is 0. The summed E-state index contributed by atoms with van der Waals surface area (Å²) in [4.78, 5) is 0. The van der Waals surface area contributed by atoms with Gasteiger partial charge in [-0.3, -0.25) is 0 Å². The Kier molecular flexibility index (Phi) is 13.7. The highest BCUT2D eigenvalue weighted by Crippen LogP contribution is 1.91. The van der Waals surface area contributed by atoms with Crippen LogP contribution in [0.2, 0.25) is 0 Å². The number of unbranched alkanes of at least 4 members (excludes halogenated alkanes) is 1. The first-order chi connectivity index (χ1) is 8.31. The molecule has 0 bridgehead atoms. The van der Waals surface area contributed by atoms with Gasteiger partial charge >= 0.3 is 7.32 Å². The van der Waals surface area contributed by atoms with Crippen molar-refractivity contribution in [3.05, 3.63) is 0 Å². The van der Waals surface area contributed by atoms with Crippen LogP contribution in [0.15, 0.2) is 0 Å². The monoisotopic (exact) mass is 250 g/mol. The van der Waals surface area contributed by atoms with E-state index in [4.69, 9.17) is 23.9 Å². The van der Waals surface area contributed by atoms with Gasteiger partial charge in [0.2, 0.25) is 0 Å². The van der Waals surface area contributed by atoms with E-state index in [0.29, 0.717) is 33.0 Å². The van der Waals surface area contributed by atoms with E-state index in [1.54, 1.807) is 0 Å². The van der Waals surface area contributed by atoms with Crippen molar-refractivity contribution in [2.75, 3.05) is 46.2 Å². The molecule has 0 saturated heterocycles. The molecule has 0 atom stereocenters. The van der Waals surface area contributed by atoms with Gasteiger partial charge in [-0.05, 0) is 6.42 Å². The Morgan fingerprint density at radius 1 is 0.882 bits per heavy atom. The Morgan fingerprint density at radius 3 is 2.12 bits per heavy atom. The number of hydrogen-bond acceptors (Lipinski definition) is 6. The summed E-state index contributed by atoms with van der Waals surface area (Å²) in [6, 6.07) is 0. The topological polar surface area (TPSA) is 77.4 Å². The average molecular weight is 250 g/mol. The van der Waals surface area contributed by atoms with E-state index in [1.165, 1.54) is 0 Å². The van der Waals surface area contributed by atoms with Crippen molar-refractivity contribution in [2.24, 2.45) is 0 Å². The summed E-state index contributed by atoms with van der Waals surface area (Å²) in [5.41, 5.74) is 0. The van der Waals surface area contributed by atoms with Crippen LogP contribution in [0, 0.1) is 0 Å². The molecule has 17 heavy (non-hydrogen) atoms. The van der Waals surface area contributed by atoms with Crippen molar-refractivity contribution in [1.82, 2.24) is 0 Å². The predicted octanol–water partition coefficient (Wildman–Crippen LogP) is -0.178. The normalized spacial score (nSPS) is 10.8. The Hall–Kier alpha value is -0.175. The van der Waals surface area contributed by atoms with Crippen LogP contribution >= 0.6 is 0 Å². The molecule has 0 aromatic rings. The van der Waals surface area contributed by atoms with Crippen LogP contribution in [-0.2, 0) is 18.8 Å². The molecule has 0 rings (SSSR count). The van der Waals surface area contributed by atoms with E-state index in [1.807, 2.05) is 6.92 Å². The fourth-order valence-electron chi connectivity index (χ4n) is 0.971. The third-order valence-corrected chi connectivity index (χ3v) is 1.85. The zero-order chi connectivity index (χ0) is 12.8. The molecule has 0 aromatic carbocycles. The molecule has 0 saturated carbocycles. The van der Waals surface area contributed by atoms with E-state index in [-0.39, 0.29) is 13.2 Å². The lowest BCUT2D eigenvalue weighted by Gasteiger charge is -2.08. The lowest BCUT2D eigenvalue weighted by molar-refractivity contribution is 0.0174. The van der Waals surface area contributed by atoms with Crippen LogP contribution in [0.1, 0.15) is 19.8 Å². The van der Waals surface area contributed by atoms with Gasteiger partial charge in [-0.2, -0.15) is 0 Å². The van der Waals surface area contributed by atoms with Crippen molar-refractivity contribution in [1.29, 1.82) is 0 Å². The molecule has 0 aliphatic rings. The molecular formula is C10H23BO6. The van der Waals surface area contributed by atoms with Crippen molar-refractivity contribution in [3.63, 3.8) is 0 Å². The minimum absolute atomic E-state index is 0.0183. The van der Waals surface area contributed by atoms with Crippen LogP contribution in [0.5, 0.6) is 0 Å². The van der Waals surface area contributed by atoms with Crippen LogP contribution in [0.3, 0.4) is 0 Å². The molecular weight excluding hydrogens is 227 g/mol. The summed E-state index contributed by atoms with van der Waals surface area (Å²) in [5, 5.41) is 17.6. The second-order valence-electron chi connectivity index (χ2n) is 3.35. The second-order valence-corrected chi connectivity index (χ2v) is 3.35. The quantitative estimate of drug-likeness (QED) is 0.349. The SMILES string of the molecule is CCCCOB(O)OCCOCCOCCO. The summed E-state index contributed by atoms with van der Waals surface area (Å²) < 4.78 is 20.1. The smallest absolute Gasteiger partial charge is 0.402 e. The minimum Gasteiger partial charge on any atom is -0.402 e. The van der Waals surface area contributed by atoms with E-state index in [9.17, 15) is 5.02 Å². The molecule has 0 unspecified atom stereocenters. The van der Waals surface area contributed by atoms with Crippen LogP contribution in [-0.4, -0.2) is 63.7 Å². The fourth-order valence-corrected chi connectivity index (χ4v) is 0.971. The Labute approximate surface area is 103 Å². The summed E-state index contributed by atoms with van der Waals surface area (Å²) in [7, 11) is -1.17. The Balaban J connectivity index is 3.05. The molecule has 0 fully saturated rings. The Morgan fingerprint density at radius 2 is 1.47 bits per heavy atom. The molecule has 0 amide bonds. The average Bonchev–Trinajstić information content (AvgIpc) is 2.33. The lowest BCUT2D eigenvalue weighted by atomic mass is 10.2. The molecule has 102 valence electrons. The maximum absolute atomic E-state index is 9.20. The van der Waals surface area contributed by atoms with Gasteiger partial charge in [0.15, 0.2) is 0 Å². The van der Waals surface area contributed by atoms with Gasteiger partial charge in [-0.25, -0.2) is 0 Å². The number of aliphatic hydroxyl groups excluding tert-OH is 1. The third kappa shape index (κ3) is 13.8. The maximum atomic E-state index is 9.20. The van der Waals surface area contributed by atoms with Gasteiger partial charge in [0.05, 0.1) is 39.6 Å². The molecule has 0 aliphatic heterocycles. The standard InChI is InChI=1S/C10H23BO6/c1-2-3-5-16-11(13)17-10-9-15-8-7-14-6-4-12/h12-13H,2-10H2,1H3. The number of aliphatic hydroxyl groups is 1. The highest BCUT2D eigenvalue weighted by Gasteiger charge is 2.14. The zero-order valence-electron chi connectivity index (χ0n) is 10.5. The minimum atomic E-state index is -1.17. The highest BCUT2D eigenvalue weighted by atomic mass is 16.7. The summed E-state index contributed by atoms with van der Waals surface area (Å²) in [6.07, 6.45) is 1.92. The number of rotatable bonds is 13. The van der Waals surface area contributed by atoms with Crippen molar-refractivity contribution in [3.8, 4) is 0 Å². The van der Waals surface area contributed by atoms with Crippen molar-refractivity contribution < 1.29 is 28.9 Å². The number of hydrogen-bond donors (Lipinski definition) is 2. The van der Waals surface area contributed by atoms with Crippen LogP contribution in [0.4, 0.5) is 0 Å². The Bertz CT molecular complexity index is 149. The van der Waals surface area contributed by atoms with Gasteiger partial charge in [0, 0.05) is 6.61 Å². The largest absolute Gasteiger partial charge is 0.636 e. The van der Waals surface area contributed by atoms with Crippen molar-refractivity contribution >= 4 is 7.32 Å². The van der Waals surface area contributed by atoms with Crippen LogP contribution in [0.25, 0.3) is 0 Å². The van der Waals surface area contributed by atoms with Crippen molar-refractivity contribution in [2.45, 2.75) is 19.8 Å². The lowest BCUT2D eigenvalue weighted by Crippen LogP contribution is -2.25. The molecule has 6 nitrogen and oxygen atoms in total. The predicted molar refractivity (Wildman–Crippen MR) is 63.5 cm³/mol. The third-order valence-electron chi connectivity index (χ3n) is 1.85. The molecule has 0 heterocycles. The van der Waals surface area contributed by atoms with E-state index in [0.717, 1.165) is 12.8 Å². The van der Waals surface area contributed by atoms with Gasteiger partial charge in [0.1, 0.15) is 0 Å². The molecule has 7 heteroatoms. The van der Waals surface area contributed by atoms with Gasteiger partial charge < -0.3 is 28.9 Å². The van der Waals surface area contributed by atoms with E-state index < -0.39 is 7.32 Å². The first-order valence-corrected chi connectivity index (χ1v) is 5.98. The first kappa shape index (κ1) is 16.8. The van der Waals surface area contributed by atoms with Crippen LogP contribution < -0.4 is 0 Å². The fraction of sp³-hybridized carbons (Fsp3) is 1.00. The van der Waals surface area contributed by atoms with E-state index >= 15 is 0 Å². The first-order valence-electron chi connectivity index (χ1n) is 5.98. The maximum Gasteiger partial charge on any atom is 0.636 e. The molecule has 0 spiro atoms. The zero-order valence-corrected chi connectivity index (χ0v) is 10.5. The highest BCUT2D eigenvalue weighted by molar-refractivity contribution is 6.34. The summed E-state index contributed by atoms with van der Waals surface area (Å²) in [5.74, 6) is 0. The van der Waals surface area contributed by atoms with E-state index in [2.05, 4.69) is 0 Å². The second kappa shape index (κ2) is 13.9. The van der Waals surface area contributed by atoms with Gasteiger partial charge in [0.25, 0.3) is 0 Å².